The Morgan fingerprint density at radius 2 is 1.80 bits per heavy atom. The molecule has 3 rings (SSSR count). The van der Waals surface area contributed by atoms with Crippen LogP contribution in [0.5, 0.6) is 11.5 Å². The molecule has 0 aliphatic rings. The van der Waals surface area contributed by atoms with Crippen LogP contribution in [0, 0.1) is 5.82 Å². The molecular weight excluding hydrogens is 341 g/mol. The number of hydrogen-bond acceptors (Lipinski definition) is 4. The van der Waals surface area contributed by atoms with Gasteiger partial charge in [0.05, 0.1) is 18.1 Å². The van der Waals surface area contributed by atoms with E-state index in [2.05, 4.69) is 5.32 Å². The summed E-state index contributed by atoms with van der Waals surface area (Å²) in [6, 6.07) is 11.4. The summed E-state index contributed by atoms with van der Waals surface area (Å²) >= 11 is 1.32. The quantitative estimate of drug-likeness (QED) is 0.667. The van der Waals surface area contributed by atoms with Crippen molar-refractivity contribution in [3.8, 4) is 11.5 Å². The van der Waals surface area contributed by atoms with Crippen LogP contribution in [0.1, 0.15) is 23.5 Å². The highest BCUT2D eigenvalue weighted by molar-refractivity contribution is 7.20. The van der Waals surface area contributed by atoms with Crippen LogP contribution in [0.3, 0.4) is 0 Å². The first kappa shape index (κ1) is 17.2. The summed E-state index contributed by atoms with van der Waals surface area (Å²) in [4.78, 5) is 13.0. The van der Waals surface area contributed by atoms with E-state index in [0.717, 1.165) is 10.1 Å². The van der Waals surface area contributed by atoms with E-state index >= 15 is 0 Å². The molecule has 4 nitrogen and oxygen atoms in total. The Labute approximate surface area is 149 Å². The van der Waals surface area contributed by atoms with Gasteiger partial charge in [0.15, 0.2) is 11.5 Å². The number of fused-ring (bicyclic) bond motifs is 1. The van der Waals surface area contributed by atoms with Gasteiger partial charge in [-0.1, -0.05) is 0 Å². The van der Waals surface area contributed by atoms with Crippen LogP contribution in [0.4, 0.5) is 10.1 Å². The third kappa shape index (κ3) is 3.91. The largest absolute Gasteiger partial charge is 0.490 e. The Balaban J connectivity index is 1.82. The van der Waals surface area contributed by atoms with Crippen molar-refractivity contribution in [3.63, 3.8) is 0 Å². The number of benzene rings is 2. The number of carbonyl (C=O) groups is 1. The Kier molecular flexibility index (Phi) is 5.19. The van der Waals surface area contributed by atoms with Gasteiger partial charge in [0, 0.05) is 16.5 Å². The summed E-state index contributed by atoms with van der Waals surface area (Å²) < 4.78 is 25.2. The lowest BCUT2D eigenvalue weighted by molar-refractivity contribution is 0.103. The summed E-state index contributed by atoms with van der Waals surface area (Å²) in [5.41, 5.74) is 0.612. The van der Waals surface area contributed by atoms with E-state index in [1.807, 2.05) is 13.8 Å². The second kappa shape index (κ2) is 7.53. The monoisotopic (exact) mass is 359 g/mol. The predicted octanol–water partition coefficient (Wildman–Crippen LogP) is 5.09. The molecule has 1 heterocycles. The predicted molar refractivity (Wildman–Crippen MR) is 98.5 cm³/mol. The number of hydrogen-bond donors (Lipinski definition) is 1. The van der Waals surface area contributed by atoms with E-state index < -0.39 is 0 Å². The molecular formula is C19H18FNO3S. The molecule has 1 amide bonds. The Morgan fingerprint density at radius 3 is 2.56 bits per heavy atom. The molecule has 0 radical (unpaired) electrons. The van der Waals surface area contributed by atoms with Gasteiger partial charge in [-0.05, 0) is 55.6 Å². The van der Waals surface area contributed by atoms with Gasteiger partial charge in [0.1, 0.15) is 5.82 Å². The molecule has 6 heteroatoms. The molecule has 2 aromatic carbocycles. The number of amides is 1. The van der Waals surface area contributed by atoms with E-state index in [0.29, 0.717) is 35.3 Å². The van der Waals surface area contributed by atoms with Crippen LogP contribution in [0.15, 0.2) is 42.5 Å². The van der Waals surface area contributed by atoms with E-state index in [4.69, 9.17) is 9.47 Å². The molecule has 25 heavy (non-hydrogen) atoms. The lowest BCUT2D eigenvalue weighted by atomic mass is 10.2. The van der Waals surface area contributed by atoms with Crippen molar-refractivity contribution in [2.45, 2.75) is 13.8 Å². The molecule has 130 valence electrons. The Bertz CT molecular complexity index is 907. The summed E-state index contributed by atoms with van der Waals surface area (Å²) in [7, 11) is 0. The maximum Gasteiger partial charge on any atom is 0.265 e. The first-order chi connectivity index (χ1) is 12.1. The lowest BCUT2D eigenvalue weighted by Crippen LogP contribution is -2.10. The number of ether oxygens (including phenoxy) is 2. The van der Waals surface area contributed by atoms with Gasteiger partial charge >= 0.3 is 0 Å². The number of rotatable bonds is 6. The second-order valence-electron chi connectivity index (χ2n) is 5.27. The van der Waals surface area contributed by atoms with Crippen molar-refractivity contribution < 1.29 is 18.7 Å². The third-order valence-electron chi connectivity index (χ3n) is 3.50. The first-order valence-electron chi connectivity index (χ1n) is 8.00. The van der Waals surface area contributed by atoms with E-state index in [1.165, 1.54) is 23.5 Å². The van der Waals surface area contributed by atoms with Crippen LogP contribution < -0.4 is 14.8 Å². The normalized spacial score (nSPS) is 10.7. The van der Waals surface area contributed by atoms with Crippen LogP contribution in [-0.2, 0) is 0 Å². The number of nitrogens with one attached hydrogen (secondary N) is 1. The summed E-state index contributed by atoms with van der Waals surface area (Å²) in [5.74, 6) is 0.665. The molecule has 0 aliphatic carbocycles. The van der Waals surface area contributed by atoms with Crippen molar-refractivity contribution in [3.05, 3.63) is 53.2 Å². The van der Waals surface area contributed by atoms with Crippen molar-refractivity contribution in [2.75, 3.05) is 18.5 Å². The highest BCUT2D eigenvalue weighted by atomic mass is 32.1. The van der Waals surface area contributed by atoms with Crippen LogP contribution >= 0.6 is 11.3 Å². The van der Waals surface area contributed by atoms with Crippen molar-refractivity contribution in [2.24, 2.45) is 0 Å². The van der Waals surface area contributed by atoms with Gasteiger partial charge in [-0.15, -0.1) is 11.3 Å². The molecule has 0 saturated carbocycles. The number of halogens is 1. The zero-order chi connectivity index (χ0) is 17.8. The molecule has 0 atom stereocenters. The molecule has 3 aromatic rings. The molecule has 0 bridgehead atoms. The highest BCUT2D eigenvalue weighted by Gasteiger charge is 2.13. The molecule has 0 aliphatic heterocycles. The molecule has 0 unspecified atom stereocenters. The molecule has 0 fully saturated rings. The lowest BCUT2D eigenvalue weighted by Gasteiger charge is -2.12. The van der Waals surface area contributed by atoms with E-state index in [-0.39, 0.29) is 11.7 Å². The van der Waals surface area contributed by atoms with Crippen LogP contribution in [0.2, 0.25) is 0 Å². The second-order valence-corrected chi connectivity index (χ2v) is 6.36. The SMILES string of the molecule is CCOc1ccc(NC(=O)c2cc3cc(F)ccc3s2)cc1OCC. The fraction of sp³-hybridized carbons (Fsp3) is 0.211. The minimum atomic E-state index is -0.315. The minimum absolute atomic E-state index is 0.242. The molecule has 1 aromatic heterocycles. The fourth-order valence-corrected chi connectivity index (χ4v) is 3.39. The minimum Gasteiger partial charge on any atom is -0.490 e. The molecule has 0 spiro atoms. The fourth-order valence-electron chi connectivity index (χ4n) is 2.45. The van der Waals surface area contributed by atoms with E-state index in [9.17, 15) is 9.18 Å². The number of carbonyl (C=O) groups excluding carboxylic acids is 1. The highest BCUT2D eigenvalue weighted by Crippen LogP contribution is 2.32. The number of anilines is 1. The summed E-state index contributed by atoms with van der Waals surface area (Å²) in [6.07, 6.45) is 0. The smallest absolute Gasteiger partial charge is 0.265 e. The van der Waals surface area contributed by atoms with Crippen LogP contribution in [0.25, 0.3) is 10.1 Å². The average Bonchev–Trinajstić information content (AvgIpc) is 3.01. The van der Waals surface area contributed by atoms with Crippen molar-refractivity contribution >= 4 is 33.0 Å². The first-order valence-corrected chi connectivity index (χ1v) is 8.82. The Morgan fingerprint density at radius 1 is 1.04 bits per heavy atom. The van der Waals surface area contributed by atoms with Crippen molar-refractivity contribution in [1.29, 1.82) is 0 Å². The van der Waals surface area contributed by atoms with Gasteiger partial charge < -0.3 is 14.8 Å². The summed E-state index contributed by atoms with van der Waals surface area (Å²) in [6.45, 7) is 4.82. The average molecular weight is 359 g/mol. The van der Waals surface area contributed by atoms with Gasteiger partial charge in [0.2, 0.25) is 0 Å². The van der Waals surface area contributed by atoms with Gasteiger partial charge in [-0.3, -0.25) is 4.79 Å². The Hall–Kier alpha value is -2.60. The van der Waals surface area contributed by atoms with E-state index in [1.54, 1.807) is 30.3 Å². The topological polar surface area (TPSA) is 47.6 Å². The maximum atomic E-state index is 13.3. The van der Waals surface area contributed by atoms with Gasteiger partial charge in [-0.2, -0.15) is 0 Å². The van der Waals surface area contributed by atoms with Gasteiger partial charge in [-0.25, -0.2) is 4.39 Å². The maximum absolute atomic E-state index is 13.3. The number of thiophene rings is 1. The summed E-state index contributed by atoms with van der Waals surface area (Å²) in [5, 5.41) is 3.56. The third-order valence-corrected chi connectivity index (χ3v) is 4.62. The molecule has 0 saturated heterocycles. The molecule has 1 N–H and O–H groups in total. The van der Waals surface area contributed by atoms with Crippen molar-refractivity contribution in [1.82, 2.24) is 0 Å². The zero-order valence-electron chi connectivity index (χ0n) is 14.0. The van der Waals surface area contributed by atoms with Crippen LogP contribution in [-0.4, -0.2) is 19.1 Å². The van der Waals surface area contributed by atoms with Gasteiger partial charge in [0.25, 0.3) is 5.91 Å². The zero-order valence-corrected chi connectivity index (χ0v) is 14.8. The standard InChI is InChI=1S/C19H18FNO3S/c1-3-23-15-7-6-14(11-16(15)24-4-2)21-19(22)18-10-12-9-13(20)5-8-17(12)25-18/h5-11H,3-4H2,1-2H3,(H,21,22).